The molecule has 2 aromatic carbocycles. The lowest BCUT2D eigenvalue weighted by Crippen LogP contribution is -2.35. The maximum atomic E-state index is 12.4. The van der Waals surface area contributed by atoms with Crippen LogP contribution in [0.25, 0.3) is 11.3 Å². The van der Waals surface area contributed by atoms with E-state index in [1.165, 1.54) is 11.8 Å². The summed E-state index contributed by atoms with van der Waals surface area (Å²) in [7, 11) is 0. The van der Waals surface area contributed by atoms with Crippen molar-refractivity contribution in [1.82, 2.24) is 14.9 Å². The predicted octanol–water partition coefficient (Wildman–Crippen LogP) is 3.55. The molecule has 0 bridgehead atoms. The van der Waals surface area contributed by atoms with Gasteiger partial charge in [0.25, 0.3) is 0 Å². The van der Waals surface area contributed by atoms with Gasteiger partial charge in [-0.15, -0.1) is 0 Å². The van der Waals surface area contributed by atoms with E-state index in [1.807, 2.05) is 29.7 Å². The second kappa shape index (κ2) is 10.2. The fraction of sp³-hybridized carbons (Fsp3) is 0.292. The number of anilines is 1. The number of carbonyl (C=O) groups is 2. The van der Waals surface area contributed by atoms with Crippen LogP contribution in [0.4, 0.5) is 10.5 Å². The van der Waals surface area contributed by atoms with Crippen molar-refractivity contribution >= 4 is 29.4 Å². The summed E-state index contributed by atoms with van der Waals surface area (Å²) in [6.07, 6.45) is 1.77. The van der Waals surface area contributed by atoms with Gasteiger partial charge >= 0.3 is 6.03 Å². The van der Waals surface area contributed by atoms with E-state index in [-0.39, 0.29) is 5.75 Å². The number of nitrogens with one attached hydrogen (secondary N) is 2. The molecule has 0 unspecified atom stereocenters. The highest BCUT2D eigenvalue weighted by Gasteiger charge is 2.18. The van der Waals surface area contributed by atoms with Crippen LogP contribution >= 0.6 is 11.8 Å². The van der Waals surface area contributed by atoms with Crippen molar-refractivity contribution in [3.63, 3.8) is 0 Å². The zero-order chi connectivity index (χ0) is 24.2. The first-order valence-corrected chi connectivity index (χ1v) is 12.2. The summed E-state index contributed by atoms with van der Waals surface area (Å²) in [5.74, 6) is 2.20. The molecule has 0 radical (unpaired) electrons. The number of hydrogen-bond acceptors (Lipinski definition) is 8. The standard InChI is InChI=1S/C24H24N4O6S/c1-2-28-17(15-3-5-18-20(11-15)33-9-7-31-18)13-25-24(28)35-14-22(29)27-23(30)26-16-4-6-19-21(12-16)34-10-8-32-19/h3-6,11-13H,2,7-10,14H2,1H3,(H2,26,27,29,30). The van der Waals surface area contributed by atoms with Gasteiger partial charge < -0.3 is 28.8 Å². The molecule has 35 heavy (non-hydrogen) atoms. The Hall–Kier alpha value is -3.86. The Kier molecular flexibility index (Phi) is 6.66. The number of amides is 3. The molecule has 182 valence electrons. The summed E-state index contributed by atoms with van der Waals surface area (Å²) in [6.45, 7) is 4.66. The van der Waals surface area contributed by atoms with E-state index >= 15 is 0 Å². The van der Waals surface area contributed by atoms with Gasteiger partial charge in [-0.25, -0.2) is 9.78 Å². The fourth-order valence-electron chi connectivity index (χ4n) is 3.79. The van der Waals surface area contributed by atoms with Gasteiger partial charge in [-0.05, 0) is 37.3 Å². The Balaban J connectivity index is 1.18. The van der Waals surface area contributed by atoms with E-state index in [1.54, 1.807) is 24.4 Å². The number of hydrogen-bond donors (Lipinski definition) is 2. The molecular weight excluding hydrogens is 472 g/mol. The highest BCUT2D eigenvalue weighted by molar-refractivity contribution is 7.99. The zero-order valence-corrected chi connectivity index (χ0v) is 19.9. The number of carbonyl (C=O) groups excluding carboxylic acids is 2. The second-order valence-electron chi connectivity index (χ2n) is 7.68. The van der Waals surface area contributed by atoms with Crippen LogP contribution in [0.15, 0.2) is 47.8 Å². The number of rotatable bonds is 6. The van der Waals surface area contributed by atoms with Crippen molar-refractivity contribution in [2.75, 3.05) is 37.5 Å². The van der Waals surface area contributed by atoms with Crippen molar-refractivity contribution in [3.8, 4) is 34.3 Å². The molecule has 5 rings (SSSR count). The molecule has 1 aromatic heterocycles. The summed E-state index contributed by atoms with van der Waals surface area (Å²) in [6, 6.07) is 10.2. The van der Waals surface area contributed by atoms with E-state index in [0.717, 1.165) is 17.0 Å². The van der Waals surface area contributed by atoms with Crippen molar-refractivity contribution in [2.24, 2.45) is 0 Å². The number of imide groups is 1. The monoisotopic (exact) mass is 496 g/mol. The minimum Gasteiger partial charge on any atom is -0.486 e. The number of aromatic nitrogens is 2. The molecule has 0 saturated carbocycles. The van der Waals surface area contributed by atoms with Crippen LogP contribution in [-0.4, -0.2) is 53.7 Å². The van der Waals surface area contributed by atoms with Gasteiger partial charge in [0, 0.05) is 23.9 Å². The molecule has 2 N–H and O–H groups in total. The van der Waals surface area contributed by atoms with Gasteiger partial charge in [-0.3, -0.25) is 10.1 Å². The Morgan fingerprint density at radius 2 is 1.60 bits per heavy atom. The summed E-state index contributed by atoms with van der Waals surface area (Å²) < 4.78 is 24.3. The normalized spacial score (nSPS) is 13.7. The first-order chi connectivity index (χ1) is 17.1. The molecular formula is C24H24N4O6S. The third-order valence-corrected chi connectivity index (χ3v) is 6.35. The lowest BCUT2D eigenvalue weighted by molar-refractivity contribution is -0.117. The average molecular weight is 497 g/mol. The molecule has 2 aliphatic rings. The van der Waals surface area contributed by atoms with Crippen molar-refractivity contribution in [2.45, 2.75) is 18.6 Å². The lowest BCUT2D eigenvalue weighted by atomic mass is 10.1. The number of urea groups is 1. The Morgan fingerprint density at radius 1 is 0.943 bits per heavy atom. The van der Waals surface area contributed by atoms with E-state index in [4.69, 9.17) is 18.9 Å². The molecule has 0 saturated heterocycles. The van der Waals surface area contributed by atoms with Crippen LogP contribution in [-0.2, 0) is 11.3 Å². The molecule has 3 aromatic rings. The average Bonchev–Trinajstić information content (AvgIpc) is 3.30. The summed E-state index contributed by atoms with van der Waals surface area (Å²) >= 11 is 1.26. The van der Waals surface area contributed by atoms with Gasteiger partial charge in [0.15, 0.2) is 28.2 Å². The van der Waals surface area contributed by atoms with Gasteiger partial charge in [0.05, 0.1) is 17.6 Å². The number of benzene rings is 2. The van der Waals surface area contributed by atoms with Gasteiger partial charge in [0.1, 0.15) is 26.4 Å². The minimum atomic E-state index is -0.622. The number of imidazole rings is 1. The molecule has 10 nitrogen and oxygen atoms in total. The maximum absolute atomic E-state index is 12.4. The SMILES string of the molecule is CCn1c(-c2ccc3c(c2)OCCO3)cnc1SCC(=O)NC(=O)Nc1ccc2c(c1)OCCO2. The highest BCUT2D eigenvalue weighted by atomic mass is 32.2. The lowest BCUT2D eigenvalue weighted by Gasteiger charge is -2.19. The number of fused-ring (bicyclic) bond motifs is 2. The second-order valence-corrected chi connectivity index (χ2v) is 8.62. The molecule has 3 heterocycles. The van der Waals surface area contributed by atoms with Crippen molar-refractivity contribution in [1.29, 1.82) is 0 Å². The maximum Gasteiger partial charge on any atom is 0.325 e. The summed E-state index contributed by atoms with van der Waals surface area (Å²) in [5.41, 5.74) is 2.35. The smallest absolute Gasteiger partial charge is 0.325 e. The molecule has 0 atom stereocenters. The van der Waals surface area contributed by atoms with E-state index in [0.29, 0.717) is 61.1 Å². The summed E-state index contributed by atoms with van der Waals surface area (Å²) in [5, 5.41) is 5.66. The highest BCUT2D eigenvalue weighted by Crippen LogP contribution is 2.36. The molecule has 3 amide bonds. The van der Waals surface area contributed by atoms with E-state index in [9.17, 15) is 9.59 Å². The van der Waals surface area contributed by atoms with Crippen LogP contribution in [0.1, 0.15) is 6.92 Å². The van der Waals surface area contributed by atoms with Crippen LogP contribution in [0.3, 0.4) is 0 Å². The first kappa shape index (κ1) is 22.9. The molecule has 0 fully saturated rings. The number of thioether (sulfide) groups is 1. The van der Waals surface area contributed by atoms with Gasteiger partial charge in [-0.2, -0.15) is 0 Å². The van der Waals surface area contributed by atoms with Crippen LogP contribution < -0.4 is 29.6 Å². The quantitative estimate of drug-likeness (QED) is 0.498. The van der Waals surface area contributed by atoms with Gasteiger partial charge in [0.2, 0.25) is 5.91 Å². The third-order valence-electron chi connectivity index (χ3n) is 5.36. The number of ether oxygens (including phenoxy) is 4. The first-order valence-electron chi connectivity index (χ1n) is 11.2. The van der Waals surface area contributed by atoms with Crippen molar-refractivity contribution in [3.05, 3.63) is 42.6 Å². The third kappa shape index (κ3) is 5.14. The molecule has 11 heteroatoms. The van der Waals surface area contributed by atoms with Gasteiger partial charge in [-0.1, -0.05) is 11.8 Å². The largest absolute Gasteiger partial charge is 0.486 e. The topological polar surface area (TPSA) is 113 Å². The minimum absolute atomic E-state index is 0.0339. The van der Waals surface area contributed by atoms with Crippen LogP contribution in [0, 0.1) is 0 Å². The van der Waals surface area contributed by atoms with Crippen LogP contribution in [0.2, 0.25) is 0 Å². The molecule has 0 aliphatic carbocycles. The Labute approximate surface area is 205 Å². The van der Waals surface area contributed by atoms with Crippen molar-refractivity contribution < 1.29 is 28.5 Å². The Morgan fingerprint density at radius 3 is 2.31 bits per heavy atom. The number of nitrogens with zero attached hydrogens (tertiary/aromatic N) is 2. The fourth-order valence-corrected chi connectivity index (χ4v) is 4.63. The Bertz CT molecular complexity index is 1260. The van der Waals surface area contributed by atoms with E-state index in [2.05, 4.69) is 15.6 Å². The summed E-state index contributed by atoms with van der Waals surface area (Å²) in [4.78, 5) is 29.1. The zero-order valence-electron chi connectivity index (χ0n) is 19.0. The van der Waals surface area contributed by atoms with E-state index < -0.39 is 11.9 Å². The molecule has 2 aliphatic heterocycles. The van der Waals surface area contributed by atoms with Crippen LogP contribution in [0.5, 0.6) is 23.0 Å². The molecule has 0 spiro atoms. The predicted molar refractivity (Wildman–Crippen MR) is 130 cm³/mol.